The summed E-state index contributed by atoms with van der Waals surface area (Å²) in [6.45, 7) is 0. The average molecular weight is 276 g/mol. The number of phenols is 1. The molecule has 2 N–H and O–H groups in total. The molecule has 0 amide bonds. The zero-order valence-corrected chi connectivity index (χ0v) is 10.7. The first-order valence-electron chi connectivity index (χ1n) is 5.47. The number of sulfonamides is 1. The lowest BCUT2D eigenvalue weighted by Gasteiger charge is -2.02. The van der Waals surface area contributed by atoms with Gasteiger partial charge in [0.2, 0.25) is 0 Å². The van der Waals surface area contributed by atoms with Crippen LogP contribution < -0.4 is 4.83 Å². The molecule has 2 rings (SSSR count). The van der Waals surface area contributed by atoms with Gasteiger partial charge < -0.3 is 5.11 Å². The number of hydrogen-bond donors (Lipinski definition) is 2. The van der Waals surface area contributed by atoms with Crippen LogP contribution in [0.2, 0.25) is 0 Å². The number of benzene rings is 2. The largest absolute Gasteiger partial charge is 0.508 e. The zero-order valence-electron chi connectivity index (χ0n) is 9.89. The number of hydrogen-bond acceptors (Lipinski definition) is 4. The predicted octanol–water partition coefficient (Wildman–Crippen LogP) is 1.70. The summed E-state index contributed by atoms with van der Waals surface area (Å²) in [5.74, 6) is 0.0925. The number of nitrogens with zero attached hydrogens (tertiary/aromatic N) is 1. The van der Waals surface area contributed by atoms with Gasteiger partial charge in [-0.05, 0) is 29.8 Å². The molecule has 0 aromatic heterocycles. The van der Waals surface area contributed by atoms with Crippen molar-refractivity contribution in [1.82, 2.24) is 4.83 Å². The highest BCUT2D eigenvalue weighted by atomic mass is 32.2. The van der Waals surface area contributed by atoms with Crippen molar-refractivity contribution >= 4 is 16.2 Å². The molecular weight excluding hydrogens is 264 g/mol. The van der Waals surface area contributed by atoms with Gasteiger partial charge in [0, 0.05) is 0 Å². The number of phenolic OH excluding ortho intramolecular Hbond substituents is 1. The third-order valence-electron chi connectivity index (χ3n) is 2.31. The summed E-state index contributed by atoms with van der Waals surface area (Å²) in [4.78, 5) is 2.24. The van der Waals surface area contributed by atoms with Crippen LogP contribution in [0.4, 0.5) is 0 Å². The van der Waals surface area contributed by atoms with Crippen molar-refractivity contribution in [3.63, 3.8) is 0 Å². The lowest BCUT2D eigenvalue weighted by atomic mass is 10.2. The Kier molecular flexibility index (Phi) is 3.82. The van der Waals surface area contributed by atoms with Crippen molar-refractivity contribution < 1.29 is 13.5 Å². The van der Waals surface area contributed by atoms with E-state index in [2.05, 4.69) is 9.93 Å². The van der Waals surface area contributed by atoms with Gasteiger partial charge in [-0.1, -0.05) is 30.3 Å². The molecule has 19 heavy (non-hydrogen) atoms. The smallest absolute Gasteiger partial charge is 0.276 e. The minimum atomic E-state index is -3.65. The summed E-state index contributed by atoms with van der Waals surface area (Å²) in [7, 11) is -3.65. The lowest BCUT2D eigenvalue weighted by Crippen LogP contribution is -2.18. The molecule has 0 spiro atoms. The summed E-state index contributed by atoms with van der Waals surface area (Å²) >= 11 is 0. The van der Waals surface area contributed by atoms with Crippen molar-refractivity contribution in [1.29, 1.82) is 0 Å². The summed E-state index contributed by atoms with van der Waals surface area (Å²) in [5, 5.41) is 12.9. The average Bonchev–Trinajstić information content (AvgIpc) is 2.40. The van der Waals surface area contributed by atoms with E-state index in [-0.39, 0.29) is 10.6 Å². The second kappa shape index (κ2) is 5.53. The summed E-state index contributed by atoms with van der Waals surface area (Å²) < 4.78 is 23.6. The van der Waals surface area contributed by atoms with Gasteiger partial charge in [0.05, 0.1) is 11.1 Å². The fraction of sp³-hybridized carbons (Fsp3) is 0. The second-order valence-electron chi connectivity index (χ2n) is 3.76. The molecule has 0 aliphatic heterocycles. The van der Waals surface area contributed by atoms with Crippen molar-refractivity contribution in [2.24, 2.45) is 5.10 Å². The first-order valence-corrected chi connectivity index (χ1v) is 6.95. The Morgan fingerprint density at radius 3 is 2.47 bits per heavy atom. The van der Waals surface area contributed by atoms with E-state index in [9.17, 15) is 13.5 Å². The molecule has 0 bridgehead atoms. The second-order valence-corrected chi connectivity index (χ2v) is 5.42. The maximum atomic E-state index is 11.8. The topological polar surface area (TPSA) is 78.8 Å². The zero-order chi connectivity index (χ0) is 13.7. The van der Waals surface area contributed by atoms with Gasteiger partial charge in [-0.2, -0.15) is 13.5 Å². The minimum Gasteiger partial charge on any atom is -0.508 e. The number of aromatic hydroxyl groups is 1. The van der Waals surface area contributed by atoms with Gasteiger partial charge in [-0.15, -0.1) is 0 Å². The highest BCUT2D eigenvalue weighted by molar-refractivity contribution is 7.89. The van der Waals surface area contributed by atoms with Crippen LogP contribution >= 0.6 is 0 Å². The molecule has 0 unspecified atom stereocenters. The molecule has 0 fully saturated rings. The molecule has 98 valence electrons. The molecule has 0 radical (unpaired) electrons. The molecule has 0 aliphatic rings. The number of nitrogens with one attached hydrogen (secondary N) is 1. The predicted molar refractivity (Wildman–Crippen MR) is 72.5 cm³/mol. The van der Waals surface area contributed by atoms with Gasteiger partial charge in [-0.3, -0.25) is 0 Å². The van der Waals surface area contributed by atoms with E-state index < -0.39 is 10.0 Å². The molecule has 6 heteroatoms. The van der Waals surface area contributed by atoms with E-state index in [0.717, 1.165) is 0 Å². The van der Waals surface area contributed by atoms with Crippen molar-refractivity contribution in [2.75, 3.05) is 0 Å². The molecule has 5 nitrogen and oxygen atoms in total. The minimum absolute atomic E-state index is 0.0925. The van der Waals surface area contributed by atoms with Crippen LogP contribution in [0.15, 0.2) is 64.6 Å². The quantitative estimate of drug-likeness (QED) is 0.659. The SMILES string of the molecule is O=S(=O)(N/N=C/c1cccc(O)c1)c1ccccc1. The summed E-state index contributed by atoms with van der Waals surface area (Å²) in [6, 6.07) is 14.3. The van der Waals surface area contributed by atoms with Gasteiger partial charge in [-0.25, -0.2) is 4.83 Å². The Morgan fingerprint density at radius 1 is 1.05 bits per heavy atom. The van der Waals surface area contributed by atoms with Crippen LogP contribution in [0.1, 0.15) is 5.56 Å². The fourth-order valence-corrected chi connectivity index (χ4v) is 2.24. The first-order chi connectivity index (χ1) is 9.08. The molecule has 0 saturated carbocycles. The van der Waals surface area contributed by atoms with Gasteiger partial charge >= 0.3 is 0 Å². The van der Waals surface area contributed by atoms with E-state index in [0.29, 0.717) is 5.56 Å². The third kappa shape index (κ3) is 3.56. The Bertz CT molecular complexity index is 682. The molecule has 0 heterocycles. The Morgan fingerprint density at radius 2 is 1.79 bits per heavy atom. The Hall–Kier alpha value is -2.34. The summed E-state index contributed by atoms with van der Waals surface area (Å²) in [5.41, 5.74) is 0.593. The highest BCUT2D eigenvalue weighted by Gasteiger charge is 2.10. The van der Waals surface area contributed by atoms with Crippen molar-refractivity contribution in [3.05, 3.63) is 60.2 Å². The molecule has 0 aliphatic carbocycles. The van der Waals surface area contributed by atoms with E-state index >= 15 is 0 Å². The molecule has 2 aromatic carbocycles. The standard InChI is InChI=1S/C13H12N2O3S/c16-12-6-4-5-11(9-12)10-14-15-19(17,18)13-7-2-1-3-8-13/h1-10,15-16H/b14-10+. The van der Waals surface area contributed by atoms with Gasteiger partial charge in [0.1, 0.15) is 5.75 Å². The van der Waals surface area contributed by atoms with Crippen molar-refractivity contribution in [3.8, 4) is 5.75 Å². The van der Waals surface area contributed by atoms with E-state index in [1.165, 1.54) is 30.5 Å². The Labute approximate surface area is 111 Å². The van der Waals surface area contributed by atoms with Crippen LogP contribution in [0, 0.1) is 0 Å². The highest BCUT2D eigenvalue weighted by Crippen LogP contribution is 2.09. The molecular formula is C13H12N2O3S. The van der Waals surface area contributed by atoms with Crippen LogP contribution in [-0.4, -0.2) is 19.7 Å². The van der Waals surface area contributed by atoms with E-state index in [4.69, 9.17) is 0 Å². The maximum absolute atomic E-state index is 11.8. The number of hydrazone groups is 1. The number of rotatable bonds is 4. The monoisotopic (exact) mass is 276 g/mol. The van der Waals surface area contributed by atoms with Gasteiger partial charge in [0.25, 0.3) is 10.0 Å². The maximum Gasteiger partial charge on any atom is 0.276 e. The lowest BCUT2D eigenvalue weighted by molar-refractivity contribution is 0.475. The third-order valence-corrected chi connectivity index (χ3v) is 3.55. The van der Waals surface area contributed by atoms with E-state index in [1.807, 2.05) is 0 Å². The Balaban J connectivity index is 2.10. The normalized spacial score (nSPS) is 11.6. The first kappa shape index (κ1) is 13.1. The van der Waals surface area contributed by atoms with Crippen LogP contribution in [0.5, 0.6) is 5.75 Å². The van der Waals surface area contributed by atoms with Crippen molar-refractivity contribution in [2.45, 2.75) is 4.90 Å². The molecule has 0 saturated heterocycles. The molecule has 0 atom stereocenters. The van der Waals surface area contributed by atoms with Crippen LogP contribution in [0.25, 0.3) is 0 Å². The summed E-state index contributed by atoms with van der Waals surface area (Å²) in [6.07, 6.45) is 1.32. The van der Waals surface area contributed by atoms with E-state index in [1.54, 1.807) is 30.3 Å². The van der Waals surface area contributed by atoms with Crippen LogP contribution in [0.3, 0.4) is 0 Å². The molecule has 2 aromatic rings. The fourth-order valence-electron chi connectivity index (χ4n) is 1.43. The van der Waals surface area contributed by atoms with Crippen LogP contribution in [-0.2, 0) is 10.0 Å². The van der Waals surface area contributed by atoms with Gasteiger partial charge in [0.15, 0.2) is 0 Å².